The summed E-state index contributed by atoms with van der Waals surface area (Å²) in [5, 5.41) is 0. The van der Waals surface area contributed by atoms with Crippen LogP contribution in [0.4, 0.5) is 0 Å². The van der Waals surface area contributed by atoms with Crippen LogP contribution in [-0.2, 0) is 6.42 Å². The number of rotatable bonds is 3. The van der Waals surface area contributed by atoms with Gasteiger partial charge in [0.05, 0.1) is 7.11 Å². The second-order valence-electron chi connectivity index (χ2n) is 4.68. The number of benzene rings is 2. The molecule has 3 rings (SSSR count). The van der Waals surface area contributed by atoms with Crippen molar-refractivity contribution in [3.8, 4) is 5.75 Å². The number of hydrogen-bond donors (Lipinski definition) is 0. The smallest absolute Gasteiger partial charge is 0.118 e. The minimum atomic E-state index is 0.387. The first-order valence-electron chi connectivity index (χ1n) is 6.15. The maximum absolute atomic E-state index is 5.19. The average molecular weight is 303 g/mol. The number of hydrogen-bond acceptors (Lipinski definition) is 1. The van der Waals surface area contributed by atoms with E-state index in [2.05, 4.69) is 52.3 Å². The van der Waals surface area contributed by atoms with Crippen molar-refractivity contribution in [2.24, 2.45) is 0 Å². The molecule has 2 aromatic rings. The zero-order valence-electron chi connectivity index (χ0n) is 10.3. The highest BCUT2D eigenvalue weighted by Crippen LogP contribution is 2.47. The number of alkyl halides is 1. The van der Waals surface area contributed by atoms with Gasteiger partial charge in [0.1, 0.15) is 5.75 Å². The van der Waals surface area contributed by atoms with Crippen LogP contribution in [0.1, 0.15) is 27.4 Å². The molecule has 92 valence electrons. The summed E-state index contributed by atoms with van der Waals surface area (Å²) in [6.45, 7) is 0. The zero-order chi connectivity index (χ0) is 12.5. The molecule has 0 aromatic heterocycles. The largest absolute Gasteiger partial charge is 0.497 e. The first kappa shape index (κ1) is 11.8. The summed E-state index contributed by atoms with van der Waals surface area (Å²) in [5.74, 6) is 1.50. The molecule has 2 unspecified atom stereocenters. The molecule has 0 heterocycles. The number of ether oxygens (including phenoxy) is 1. The van der Waals surface area contributed by atoms with Crippen LogP contribution in [0.2, 0.25) is 0 Å². The monoisotopic (exact) mass is 302 g/mol. The SMILES string of the molecule is COc1ccc(C(Br)C2Cc3ccccc32)cc1. The van der Waals surface area contributed by atoms with Crippen molar-refractivity contribution in [1.82, 2.24) is 0 Å². The molecular formula is C16H15BrO. The maximum Gasteiger partial charge on any atom is 0.118 e. The van der Waals surface area contributed by atoms with Gasteiger partial charge in [0.15, 0.2) is 0 Å². The molecular weight excluding hydrogens is 288 g/mol. The third kappa shape index (κ3) is 1.95. The Morgan fingerprint density at radius 3 is 2.50 bits per heavy atom. The van der Waals surface area contributed by atoms with E-state index in [-0.39, 0.29) is 0 Å². The van der Waals surface area contributed by atoms with Gasteiger partial charge in [-0.3, -0.25) is 0 Å². The summed E-state index contributed by atoms with van der Waals surface area (Å²) < 4.78 is 5.19. The maximum atomic E-state index is 5.19. The predicted molar refractivity (Wildman–Crippen MR) is 77.5 cm³/mol. The fourth-order valence-corrected chi connectivity index (χ4v) is 3.36. The van der Waals surface area contributed by atoms with Crippen molar-refractivity contribution in [3.63, 3.8) is 0 Å². The van der Waals surface area contributed by atoms with Gasteiger partial charge in [-0.05, 0) is 35.2 Å². The Kier molecular flexibility index (Phi) is 3.13. The van der Waals surface area contributed by atoms with Gasteiger partial charge in [0.25, 0.3) is 0 Å². The molecule has 2 aromatic carbocycles. The summed E-state index contributed by atoms with van der Waals surface area (Å²) in [4.78, 5) is 0.387. The van der Waals surface area contributed by atoms with E-state index in [1.54, 1.807) is 7.11 Å². The highest BCUT2D eigenvalue weighted by molar-refractivity contribution is 9.09. The Balaban J connectivity index is 1.82. The lowest BCUT2D eigenvalue weighted by Gasteiger charge is -2.34. The third-order valence-corrected chi connectivity index (χ3v) is 4.85. The molecule has 2 atom stereocenters. The van der Waals surface area contributed by atoms with Gasteiger partial charge in [0, 0.05) is 10.7 Å². The van der Waals surface area contributed by atoms with Crippen molar-refractivity contribution < 1.29 is 4.74 Å². The molecule has 0 N–H and O–H groups in total. The summed E-state index contributed by atoms with van der Waals surface area (Å²) in [6.07, 6.45) is 1.16. The molecule has 2 heteroatoms. The molecule has 0 bridgehead atoms. The standard InChI is InChI=1S/C16H15BrO/c1-18-13-8-6-11(7-9-13)16(17)15-10-12-4-2-3-5-14(12)15/h2-9,15-16H,10H2,1H3. The van der Waals surface area contributed by atoms with Crippen molar-refractivity contribution >= 4 is 15.9 Å². The van der Waals surface area contributed by atoms with E-state index in [0.717, 1.165) is 12.2 Å². The van der Waals surface area contributed by atoms with E-state index in [0.29, 0.717) is 10.7 Å². The average Bonchev–Trinajstić information content (AvgIpc) is 2.40. The van der Waals surface area contributed by atoms with Crippen molar-refractivity contribution in [3.05, 3.63) is 65.2 Å². The lowest BCUT2D eigenvalue weighted by molar-refractivity contribution is 0.414. The minimum Gasteiger partial charge on any atom is -0.497 e. The molecule has 0 aliphatic heterocycles. The van der Waals surface area contributed by atoms with E-state index in [9.17, 15) is 0 Å². The van der Waals surface area contributed by atoms with Crippen LogP contribution in [-0.4, -0.2) is 7.11 Å². The Labute approximate surface area is 116 Å². The van der Waals surface area contributed by atoms with E-state index in [4.69, 9.17) is 4.74 Å². The van der Waals surface area contributed by atoms with Crippen molar-refractivity contribution in [2.45, 2.75) is 17.2 Å². The minimum absolute atomic E-state index is 0.387. The Morgan fingerprint density at radius 1 is 1.11 bits per heavy atom. The van der Waals surface area contributed by atoms with Crippen LogP contribution in [0.15, 0.2) is 48.5 Å². The van der Waals surface area contributed by atoms with Crippen LogP contribution in [0.3, 0.4) is 0 Å². The number of halogens is 1. The quantitative estimate of drug-likeness (QED) is 0.760. The third-order valence-electron chi connectivity index (χ3n) is 3.68. The molecule has 0 spiro atoms. The van der Waals surface area contributed by atoms with Gasteiger partial charge in [-0.1, -0.05) is 52.3 Å². The number of fused-ring (bicyclic) bond motifs is 1. The lowest BCUT2D eigenvalue weighted by atomic mass is 9.74. The predicted octanol–water partition coefficient (Wildman–Crippen LogP) is 4.47. The highest BCUT2D eigenvalue weighted by atomic mass is 79.9. The first-order valence-corrected chi connectivity index (χ1v) is 7.07. The second kappa shape index (κ2) is 4.77. The molecule has 0 amide bonds. The van der Waals surface area contributed by atoms with Gasteiger partial charge in [-0.15, -0.1) is 0 Å². The molecule has 1 aliphatic rings. The molecule has 0 saturated carbocycles. The van der Waals surface area contributed by atoms with Crippen molar-refractivity contribution in [2.75, 3.05) is 7.11 Å². The van der Waals surface area contributed by atoms with E-state index >= 15 is 0 Å². The first-order chi connectivity index (χ1) is 8.79. The van der Waals surface area contributed by atoms with Gasteiger partial charge in [0.2, 0.25) is 0 Å². The zero-order valence-corrected chi connectivity index (χ0v) is 11.9. The number of methoxy groups -OCH3 is 1. The second-order valence-corrected chi connectivity index (χ2v) is 5.67. The van der Waals surface area contributed by atoms with E-state index < -0.39 is 0 Å². The van der Waals surface area contributed by atoms with Crippen LogP contribution >= 0.6 is 15.9 Å². The Bertz CT molecular complexity index is 547. The summed E-state index contributed by atoms with van der Waals surface area (Å²) in [6, 6.07) is 17.0. The van der Waals surface area contributed by atoms with Gasteiger partial charge >= 0.3 is 0 Å². The van der Waals surface area contributed by atoms with Crippen LogP contribution in [0, 0.1) is 0 Å². The fourth-order valence-electron chi connectivity index (χ4n) is 2.58. The van der Waals surface area contributed by atoms with Gasteiger partial charge < -0.3 is 4.74 Å². The Hall–Kier alpha value is -1.28. The summed E-state index contributed by atoms with van der Waals surface area (Å²) in [5.41, 5.74) is 4.28. The van der Waals surface area contributed by atoms with Gasteiger partial charge in [-0.2, -0.15) is 0 Å². The van der Waals surface area contributed by atoms with E-state index in [1.807, 2.05) is 12.1 Å². The van der Waals surface area contributed by atoms with Crippen LogP contribution in [0.5, 0.6) is 5.75 Å². The van der Waals surface area contributed by atoms with E-state index in [1.165, 1.54) is 16.7 Å². The lowest BCUT2D eigenvalue weighted by Crippen LogP contribution is -2.20. The fraction of sp³-hybridized carbons (Fsp3) is 0.250. The topological polar surface area (TPSA) is 9.23 Å². The summed E-state index contributed by atoms with van der Waals surface area (Å²) >= 11 is 3.84. The summed E-state index contributed by atoms with van der Waals surface area (Å²) in [7, 11) is 1.70. The highest BCUT2D eigenvalue weighted by Gasteiger charge is 2.31. The molecule has 18 heavy (non-hydrogen) atoms. The van der Waals surface area contributed by atoms with Gasteiger partial charge in [-0.25, -0.2) is 0 Å². The van der Waals surface area contributed by atoms with Crippen LogP contribution in [0.25, 0.3) is 0 Å². The van der Waals surface area contributed by atoms with Crippen LogP contribution < -0.4 is 4.74 Å². The molecule has 0 fully saturated rings. The molecule has 0 saturated heterocycles. The molecule has 1 aliphatic carbocycles. The van der Waals surface area contributed by atoms with Crippen molar-refractivity contribution in [1.29, 1.82) is 0 Å². The molecule has 0 radical (unpaired) electrons. The Morgan fingerprint density at radius 2 is 1.83 bits per heavy atom. The normalized spacial score (nSPS) is 18.7. The molecule has 1 nitrogen and oxygen atoms in total.